The third-order valence-electron chi connectivity index (χ3n) is 4.18. The molecule has 0 atom stereocenters. The highest BCUT2D eigenvalue weighted by Crippen LogP contribution is 2.24. The van der Waals surface area contributed by atoms with Gasteiger partial charge in [-0.2, -0.15) is 17.0 Å². The van der Waals surface area contributed by atoms with Gasteiger partial charge in [-0.05, 0) is 31.6 Å². The molecule has 0 bridgehead atoms. The number of carboxylic acids is 1. The smallest absolute Gasteiger partial charge is 0.281 e. The van der Waals surface area contributed by atoms with E-state index < -0.39 is 22.1 Å². The molecular weight excluding hydrogens is 268 g/mol. The van der Waals surface area contributed by atoms with Crippen molar-refractivity contribution in [2.45, 2.75) is 32.6 Å². The zero-order chi connectivity index (χ0) is 14.0. The summed E-state index contributed by atoms with van der Waals surface area (Å²) in [6, 6.07) is 0. The Balaban J connectivity index is 1.96. The lowest BCUT2D eigenvalue weighted by molar-refractivity contribution is -0.312. The Morgan fingerprint density at radius 3 is 1.84 bits per heavy atom. The summed E-state index contributed by atoms with van der Waals surface area (Å²) in [4.78, 5) is 10.8. The number of hydrogen-bond acceptors (Lipinski definition) is 4. The Bertz CT molecular complexity index is 421. The second kappa shape index (κ2) is 5.76. The predicted octanol–water partition coefficient (Wildman–Crippen LogP) is -0.575. The van der Waals surface area contributed by atoms with Crippen LogP contribution in [0.2, 0.25) is 0 Å². The van der Waals surface area contributed by atoms with E-state index in [9.17, 15) is 18.3 Å². The summed E-state index contributed by atoms with van der Waals surface area (Å²) >= 11 is 0. The molecule has 19 heavy (non-hydrogen) atoms. The van der Waals surface area contributed by atoms with Crippen LogP contribution in [0.15, 0.2) is 0 Å². The molecule has 0 aromatic heterocycles. The molecule has 0 unspecified atom stereocenters. The maximum atomic E-state index is 12.4. The van der Waals surface area contributed by atoms with Crippen LogP contribution >= 0.6 is 0 Å². The minimum absolute atomic E-state index is 0.285. The van der Waals surface area contributed by atoms with Crippen LogP contribution in [0.25, 0.3) is 0 Å². The van der Waals surface area contributed by atoms with Gasteiger partial charge < -0.3 is 9.90 Å². The van der Waals surface area contributed by atoms with Crippen LogP contribution in [0.4, 0.5) is 0 Å². The summed E-state index contributed by atoms with van der Waals surface area (Å²) < 4.78 is 27.8. The highest BCUT2D eigenvalue weighted by molar-refractivity contribution is 7.86. The summed E-state index contributed by atoms with van der Waals surface area (Å²) in [5, 5.41) is 10.8. The molecule has 2 aliphatic heterocycles. The molecule has 2 heterocycles. The fraction of sp³-hybridized carbons (Fsp3) is 0.917. The fourth-order valence-electron chi connectivity index (χ4n) is 2.70. The molecule has 110 valence electrons. The van der Waals surface area contributed by atoms with Crippen molar-refractivity contribution in [2.75, 3.05) is 26.2 Å². The van der Waals surface area contributed by atoms with E-state index in [4.69, 9.17) is 0 Å². The number of nitrogens with zero attached hydrogens (tertiary/aromatic N) is 2. The molecule has 0 radical (unpaired) electrons. The van der Waals surface area contributed by atoms with E-state index in [0.29, 0.717) is 31.8 Å². The molecule has 2 fully saturated rings. The van der Waals surface area contributed by atoms with Crippen molar-refractivity contribution in [3.8, 4) is 0 Å². The number of piperidine rings is 2. The average Bonchev–Trinajstić information content (AvgIpc) is 2.39. The first-order valence-corrected chi connectivity index (χ1v) is 8.27. The molecule has 0 aromatic rings. The van der Waals surface area contributed by atoms with Crippen molar-refractivity contribution in [3.63, 3.8) is 0 Å². The Hall–Kier alpha value is -0.660. The fourth-order valence-corrected chi connectivity index (χ4v) is 4.37. The van der Waals surface area contributed by atoms with Crippen molar-refractivity contribution in [3.05, 3.63) is 0 Å². The maximum Gasteiger partial charge on any atom is 0.281 e. The van der Waals surface area contributed by atoms with E-state index in [1.54, 1.807) is 0 Å². The summed E-state index contributed by atoms with van der Waals surface area (Å²) in [5.74, 6) is -0.994. The monoisotopic (exact) mass is 289 g/mol. The topological polar surface area (TPSA) is 80.8 Å². The first-order valence-electron chi connectivity index (χ1n) is 6.87. The summed E-state index contributed by atoms with van der Waals surface area (Å²) in [7, 11) is -3.40. The van der Waals surface area contributed by atoms with Crippen LogP contribution in [-0.4, -0.2) is 49.2 Å². The van der Waals surface area contributed by atoms with E-state index in [1.807, 2.05) is 0 Å². The Labute approximate surface area is 114 Å². The number of hydrogen-bond donors (Lipinski definition) is 0. The molecule has 0 spiro atoms. The van der Waals surface area contributed by atoms with Crippen molar-refractivity contribution in [2.24, 2.45) is 11.8 Å². The molecule has 6 nitrogen and oxygen atoms in total. The van der Waals surface area contributed by atoms with E-state index in [0.717, 1.165) is 12.8 Å². The van der Waals surface area contributed by atoms with Gasteiger partial charge in [-0.25, -0.2) is 0 Å². The number of carbonyl (C=O) groups excluding carboxylic acids is 1. The Kier molecular flexibility index (Phi) is 4.47. The van der Waals surface area contributed by atoms with Gasteiger partial charge in [-0.1, -0.05) is 6.92 Å². The predicted molar refractivity (Wildman–Crippen MR) is 68.2 cm³/mol. The van der Waals surface area contributed by atoms with Gasteiger partial charge in [0, 0.05) is 38.1 Å². The van der Waals surface area contributed by atoms with E-state index in [-0.39, 0.29) is 13.1 Å². The molecule has 0 N–H and O–H groups in total. The molecule has 2 saturated heterocycles. The number of carbonyl (C=O) groups is 1. The van der Waals surface area contributed by atoms with Gasteiger partial charge >= 0.3 is 0 Å². The first-order chi connectivity index (χ1) is 8.91. The highest BCUT2D eigenvalue weighted by Gasteiger charge is 2.34. The van der Waals surface area contributed by atoms with Gasteiger partial charge in [0.05, 0.1) is 0 Å². The quantitative estimate of drug-likeness (QED) is 0.696. The lowest BCUT2D eigenvalue weighted by Crippen LogP contribution is -2.50. The van der Waals surface area contributed by atoms with Gasteiger partial charge in [0.25, 0.3) is 10.2 Å². The molecule has 0 aromatic carbocycles. The Morgan fingerprint density at radius 1 is 1.00 bits per heavy atom. The van der Waals surface area contributed by atoms with Gasteiger partial charge in [0.1, 0.15) is 0 Å². The minimum Gasteiger partial charge on any atom is -0.550 e. The van der Waals surface area contributed by atoms with Gasteiger partial charge in [0.2, 0.25) is 0 Å². The van der Waals surface area contributed by atoms with Crippen LogP contribution in [0.1, 0.15) is 32.6 Å². The zero-order valence-electron chi connectivity index (χ0n) is 11.2. The van der Waals surface area contributed by atoms with Crippen LogP contribution in [0.5, 0.6) is 0 Å². The number of rotatable bonds is 3. The lowest BCUT2D eigenvalue weighted by Gasteiger charge is -2.37. The SMILES string of the molecule is CC1CCN(S(=O)(=O)N2CCC(C(=O)[O-])CC2)CC1. The number of aliphatic carboxylic acids is 1. The van der Waals surface area contributed by atoms with Crippen molar-refractivity contribution < 1.29 is 18.3 Å². The summed E-state index contributed by atoms with van der Waals surface area (Å²) in [5.41, 5.74) is 0. The lowest BCUT2D eigenvalue weighted by atomic mass is 9.99. The molecular formula is C12H21N2O4S-. The van der Waals surface area contributed by atoms with Crippen LogP contribution in [0, 0.1) is 11.8 Å². The van der Waals surface area contributed by atoms with E-state index in [1.165, 1.54) is 8.61 Å². The molecule has 2 rings (SSSR count). The van der Waals surface area contributed by atoms with Crippen LogP contribution in [-0.2, 0) is 15.0 Å². The molecule has 0 aliphatic carbocycles. The highest BCUT2D eigenvalue weighted by atomic mass is 32.2. The normalized spacial score (nSPS) is 25.5. The first kappa shape index (κ1) is 14.7. The summed E-state index contributed by atoms with van der Waals surface area (Å²) in [6.45, 7) is 3.85. The largest absolute Gasteiger partial charge is 0.550 e. The minimum atomic E-state index is -3.40. The zero-order valence-corrected chi connectivity index (χ0v) is 12.1. The van der Waals surface area contributed by atoms with Gasteiger partial charge in [-0.3, -0.25) is 0 Å². The van der Waals surface area contributed by atoms with Crippen molar-refractivity contribution in [1.82, 2.24) is 8.61 Å². The van der Waals surface area contributed by atoms with E-state index in [2.05, 4.69) is 6.92 Å². The van der Waals surface area contributed by atoms with E-state index >= 15 is 0 Å². The maximum absolute atomic E-state index is 12.4. The number of carboxylic acid groups (broad SMARTS) is 1. The second-order valence-corrected chi connectivity index (χ2v) is 7.51. The molecule has 7 heteroatoms. The molecule has 2 aliphatic rings. The average molecular weight is 289 g/mol. The third kappa shape index (κ3) is 3.27. The Morgan fingerprint density at radius 2 is 1.42 bits per heavy atom. The van der Waals surface area contributed by atoms with Crippen molar-refractivity contribution >= 4 is 16.2 Å². The van der Waals surface area contributed by atoms with Crippen LogP contribution in [0.3, 0.4) is 0 Å². The standard InChI is InChI=1S/C12H22N2O4S/c1-10-2-6-13(7-3-10)19(17,18)14-8-4-11(5-9-14)12(15)16/h10-11H,2-9H2,1H3,(H,15,16)/p-1. The summed E-state index contributed by atoms with van der Waals surface area (Å²) in [6.07, 6.45) is 2.50. The van der Waals surface area contributed by atoms with Crippen LogP contribution < -0.4 is 5.11 Å². The second-order valence-electron chi connectivity index (χ2n) is 5.58. The molecule has 0 amide bonds. The molecule has 0 saturated carbocycles. The third-order valence-corrected chi connectivity index (χ3v) is 6.22. The van der Waals surface area contributed by atoms with Gasteiger partial charge in [-0.15, -0.1) is 0 Å². The van der Waals surface area contributed by atoms with Gasteiger partial charge in [0.15, 0.2) is 0 Å². The van der Waals surface area contributed by atoms with Crippen molar-refractivity contribution in [1.29, 1.82) is 0 Å².